The molecule has 2 aliphatic rings. The van der Waals surface area contributed by atoms with E-state index in [0.29, 0.717) is 0 Å². The van der Waals surface area contributed by atoms with Gasteiger partial charge in [0.05, 0.1) is 11.7 Å². The van der Waals surface area contributed by atoms with Crippen LogP contribution in [-0.2, 0) is 5.41 Å². The molecule has 1 unspecified atom stereocenters. The lowest BCUT2D eigenvalue weighted by Gasteiger charge is -2.24. The minimum absolute atomic E-state index is 0.0677. The average Bonchev–Trinajstić information content (AvgIpc) is 3.38. The van der Waals surface area contributed by atoms with E-state index in [1.165, 1.54) is 82.0 Å². The summed E-state index contributed by atoms with van der Waals surface area (Å²) in [5, 5.41) is 13.5. The zero-order chi connectivity index (χ0) is 32.7. The molecule has 0 saturated carbocycles. The van der Waals surface area contributed by atoms with Gasteiger partial charge in [-0.25, -0.2) is 0 Å². The molecule has 10 rings (SSSR count). The van der Waals surface area contributed by atoms with Gasteiger partial charge in [-0.15, -0.1) is 0 Å². The molecule has 1 aliphatic carbocycles. The number of dihydropyridines is 1. The van der Waals surface area contributed by atoms with Gasteiger partial charge in [0.25, 0.3) is 0 Å². The van der Waals surface area contributed by atoms with Crippen LogP contribution in [0.3, 0.4) is 0 Å². The number of hydrogen-bond donors (Lipinski definition) is 1. The molecule has 1 N–H and O–H groups in total. The average molecular weight is 627 g/mol. The Bertz CT molecular complexity index is 2710. The predicted molar refractivity (Wildman–Crippen MR) is 207 cm³/mol. The number of pyridine rings is 1. The molecule has 2 heterocycles. The number of nitrogens with zero attached hydrogens (tertiary/aromatic N) is 1. The van der Waals surface area contributed by atoms with Gasteiger partial charge in [0.15, 0.2) is 0 Å². The highest BCUT2D eigenvalue weighted by molar-refractivity contribution is 6.26. The Hall–Kier alpha value is -5.99. The van der Waals surface area contributed by atoms with E-state index in [2.05, 4.69) is 165 Å². The maximum atomic E-state index is 5.03. The van der Waals surface area contributed by atoms with Crippen LogP contribution >= 0.6 is 0 Å². The smallest absolute Gasteiger partial charge is 0.0868 e. The SMILES string of the molecule is CC1(C)c2ccccc2-c2cc3c(-c4ccc(C5C=CC=CN5)nc4)c4ccccc4c(-c4cc5ccccc5c5ccccc45)c3cc21. The fourth-order valence-electron chi connectivity index (χ4n) is 8.60. The molecule has 0 saturated heterocycles. The van der Waals surface area contributed by atoms with Crippen molar-refractivity contribution < 1.29 is 0 Å². The van der Waals surface area contributed by atoms with Crippen molar-refractivity contribution >= 4 is 43.1 Å². The lowest BCUT2D eigenvalue weighted by molar-refractivity contribution is 0.661. The minimum atomic E-state index is -0.118. The number of hydrogen-bond acceptors (Lipinski definition) is 2. The van der Waals surface area contributed by atoms with E-state index in [-0.39, 0.29) is 11.5 Å². The molecule has 7 aromatic carbocycles. The van der Waals surface area contributed by atoms with E-state index in [1.807, 2.05) is 12.3 Å². The molecule has 2 heteroatoms. The molecular formula is C47H34N2. The third kappa shape index (κ3) is 4.10. The first-order chi connectivity index (χ1) is 24.1. The van der Waals surface area contributed by atoms with Crippen molar-refractivity contribution in [1.82, 2.24) is 10.3 Å². The third-order valence-electron chi connectivity index (χ3n) is 10.9. The second kappa shape index (κ2) is 10.5. The van der Waals surface area contributed by atoms with E-state index in [9.17, 15) is 0 Å². The van der Waals surface area contributed by atoms with Crippen LogP contribution in [0, 0.1) is 0 Å². The van der Waals surface area contributed by atoms with Crippen LogP contribution in [0.4, 0.5) is 0 Å². The van der Waals surface area contributed by atoms with Gasteiger partial charge in [-0.3, -0.25) is 4.98 Å². The highest BCUT2D eigenvalue weighted by Crippen LogP contribution is 2.53. The van der Waals surface area contributed by atoms with Gasteiger partial charge >= 0.3 is 0 Å². The second-order valence-corrected chi connectivity index (χ2v) is 14.0. The van der Waals surface area contributed by atoms with Crippen LogP contribution in [0.1, 0.15) is 36.7 Å². The molecular weight excluding hydrogens is 593 g/mol. The molecule has 1 aromatic heterocycles. The van der Waals surface area contributed by atoms with Gasteiger partial charge in [0.2, 0.25) is 0 Å². The molecule has 1 atom stereocenters. The first-order valence-corrected chi connectivity index (χ1v) is 17.2. The maximum absolute atomic E-state index is 5.03. The molecule has 49 heavy (non-hydrogen) atoms. The van der Waals surface area contributed by atoms with Crippen molar-refractivity contribution in [2.45, 2.75) is 25.3 Å². The van der Waals surface area contributed by atoms with E-state index in [0.717, 1.165) is 11.3 Å². The normalized spacial score (nSPS) is 15.9. The van der Waals surface area contributed by atoms with Crippen molar-refractivity contribution in [2.75, 3.05) is 0 Å². The molecule has 8 aromatic rings. The fraction of sp³-hybridized carbons (Fsp3) is 0.0851. The topological polar surface area (TPSA) is 24.9 Å². The van der Waals surface area contributed by atoms with E-state index in [4.69, 9.17) is 4.98 Å². The summed E-state index contributed by atoms with van der Waals surface area (Å²) in [5.41, 5.74) is 11.2. The molecule has 0 fully saturated rings. The number of nitrogens with one attached hydrogen (secondary N) is 1. The van der Waals surface area contributed by atoms with Gasteiger partial charge in [-0.1, -0.05) is 129 Å². The number of allylic oxidation sites excluding steroid dienone is 2. The van der Waals surface area contributed by atoms with Crippen molar-refractivity contribution in [3.63, 3.8) is 0 Å². The van der Waals surface area contributed by atoms with Crippen molar-refractivity contribution in [1.29, 1.82) is 0 Å². The summed E-state index contributed by atoms with van der Waals surface area (Å²) < 4.78 is 0. The molecule has 0 radical (unpaired) electrons. The van der Waals surface area contributed by atoms with E-state index >= 15 is 0 Å². The van der Waals surface area contributed by atoms with Crippen LogP contribution in [-0.4, -0.2) is 4.98 Å². The Morgan fingerprint density at radius 2 is 1.22 bits per heavy atom. The first kappa shape index (κ1) is 28.1. The van der Waals surface area contributed by atoms with E-state index in [1.54, 1.807) is 0 Å². The second-order valence-electron chi connectivity index (χ2n) is 14.0. The Morgan fingerprint density at radius 1 is 0.531 bits per heavy atom. The van der Waals surface area contributed by atoms with Crippen LogP contribution in [0.5, 0.6) is 0 Å². The van der Waals surface area contributed by atoms with Gasteiger partial charge in [-0.05, 0) is 119 Å². The van der Waals surface area contributed by atoms with Gasteiger partial charge in [0.1, 0.15) is 0 Å². The zero-order valence-corrected chi connectivity index (χ0v) is 27.5. The van der Waals surface area contributed by atoms with E-state index < -0.39 is 0 Å². The van der Waals surface area contributed by atoms with Crippen LogP contribution in [0.2, 0.25) is 0 Å². The molecule has 1 aliphatic heterocycles. The van der Waals surface area contributed by atoms with Gasteiger partial charge in [-0.2, -0.15) is 0 Å². The largest absolute Gasteiger partial charge is 0.379 e. The predicted octanol–water partition coefficient (Wildman–Crippen LogP) is 12.0. The third-order valence-corrected chi connectivity index (χ3v) is 10.9. The molecule has 0 amide bonds. The Morgan fingerprint density at radius 3 is 2.00 bits per heavy atom. The van der Waals surface area contributed by atoms with Crippen LogP contribution in [0.25, 0.3) is 76.5 Å². The highest BCUT2D eigenvalue weighted by atomic mass is 14.9. The summed E-state index contributed by atoms with van der Waals surface area (Å²) in [4.78, 5) is 5.03. The first-order valence-electron chi connectivity index (χ1n) is 17.2. The fourth-order valence-corrected chi connectivity index (χ4v) is 8.60. The lowest BCUT2D eigenvalue weighted by Crippen LogP contribution is -2.16. The maximum Gasteiger partial charge on any atom is 0.0868 e. The molecule has 0 spiro atoms. The van der Waals surface area contributed by atoms with Gasteiger partial charge in [0, 0.05) is 17.2 Å². The summed E-state index contributed by atoms with van der Waals surface area (Å²) in [6.45, 7) is 4.75. The lowest BCUT2D eigenvalue weighted by atomic mass is 9.79. The minimum Gasteiger partial charge on any atom is -0.379 e. The Balaban J connectivity index is 1.35. The number of aromatic nitrogens is 1. The summed E-state index contributed by atoms with van der Waals surface area (Å²) in [7, 11) is 0. The summed E-state index contributed by atoms with van der Waals surface area (Å²) >= 11 is 0. The number of benzene rings is 7. The van der Waals surface area contributed by atoms with Crippen LogP contribution < -0.4 is 5.32 Å². The van der Waals surface area contributed by atoms with Crippen molar-refractivity contribution in [3.8, 4) is 33.4 Å². The Kier molecular flexibility index (Phi) is 6.02. The summed E-state index contributed by atoms with van der Waals surface area (Å²) in [5.74, 6) is 0. The van der Waals surface area contributed by atoms with Crippen LogP contribution in [0.15, 0.2) is 158 Å². The monoisotopic (exact) mass is 626 g/mol. The zero-order valence-electron chi connectivity index (χ0n) is 27.5. The molecule has 232 valence electrons. The molecule has 2 nitrogen and oxygen atoms in total. The van der Waals surface area contributed by atoms with Gasteiger partial charge < -0.3 is 5.32 Å². The number of rotatable bonds is 3. The number of fused-ring (bicyclic) bond motifs is 8. The quantitative estimate of drug-likeness (QED) is 0.156. The van der Waals surface area contributed by atoms with Crippen molar-refractivity contribution in [2.24, 2.45) is 0 Å². The van der Waals surface area contributed by atoms with Crippen molar-refractivity contribution in [3.05, 3.63) is 175 Å². The molecule has 0 bridgehead atoms. The standard InChI is InChI=1S/C47H34N2/c1-47(2)41-20-10-9-17-34(41)37-26-39-40(27-42(37)47)46(38-25-29-13-3-4-14-31(29)32-15-5-6-16-33(32)38)36-19-8-7-18-35(36)45(39)30-22-23-44(49-28-30)43-21-11-12-24-48-43/h3-28,43,48H,1-2H3. The summed E-state index contributed by atoms with van der Waals surface area (Å²) in [6, 6.07) is 47.6. The Labute approximate surface area is 286 Å². The summed E-state index contributed by atoms with van der Waals surface area (Å²) in [6.07, 6.45) is 10.3. The highest BCUT2D eigenvalue weighted by Gasteiger charge is 2.36.